The van der Waals surface area contributed by atoms with Crippen LogP contribution in [0.25, 0.3) is 0 Å². The smallest absolute Gasteiger partial charge is 0.126 e. The van der Waals surface area contributed by atoms with E-state index in [0.717, 1.165) is 24.7 Å². The first kappa shape index (κ1) is 23.1. The normalized spacial score (nSPS) is 32.6. The summed E-state index contributed by atoms with van der Waals surface area (Å²) in [6, 6.07) is 9.63. The zero-order valence-corrected chi connectivity index (χ0v) is 20.1. The van der Waals surface area contributed by atoms with Crippen LogP contribution in [0.2, 0.25) is 0 Å². The van der Waals surface area contributed by atoms with Gasteiger partial charge in [-0.3, -0.25) is 0 Å². The molecule has 3 aliphatic carbocycles. The summed E-state index contributed by atoms with van der Waals surface area (Å²) in [6.45, 7) is 2.33. The van der Waals surface area contributed by atoms with Crippen molar-refractivity contribution in [1.82, 2.24) is 0 Å². The molecule has 0 N–H and O–H groups in total. The van der Waals surface area contributed by atoms with Crippen LogP contribution in [0.5, 0.6) is 0 Å². The Hall–Kier alpha value is -1.11. The summed E-state index contributed by atoms with van der Waals surface area (Å²) in [5, 5.41) is 0. The number of carbonyl (C=O) groups is 1. The van der Waals surface area contributed by atoms with Gasteiger partial charge in [0.2, 0.25) is 0 Å². The zero-order chi connectivity index (χ0) is 21.5. The molecule has 1 nitrogen and oxygen atoms in total. The highest BCUT2D eigenvalue weighted by molar-refractivity contribution is 5.60. The lowest BCUT2D eigenvalue weighted by Gasteiger charge is -2.43. The third-order valence-electron chi connectivity index (χ3n) is 9.53. The van der Waals surface area contributed by atoms with E-state index < -0.39 is 0 Å². The molecule has 0 aliphatic heterocycles. The molecule has 0 atom stereocenters. The van der Waals surface area contributed by atoms with Crippen molar-refractivity contribution < 1.29 is 4.79 Å². The SMILES string of the molecule is CCCC1CCC(CCc2ccc(C3CCC(C=O)(C4CCCCC4)CC3)cc2)CC1. The van der Waals surface area contributed by atoms with Gasteiger partial charge >= 0.3 is 0 Å². The minimum absolute atomic E-state index is 0.00694. The molecule has 1 heteroatoms. The van der Waals surface area contributed by atoms with E-state index in [1.807, 2.05) is 0 Å². The lowest BCUT2D eigenvalue weighted by molar-refractivity contribution is -0.122. The lowest BCUT2D eigenvalue weighted by atomic mass is 9.60. The fourth-order valence-corrected chi connectivity index (χ4v) is 7.33. The van der Waals surface area contributed by atoms with Crippen LogP contribution >= 0.6 is 0 Å². The topological polar surface area (TPSA) is 17.1 Å². The summed E-state index contributed by atoms with van der Waals surface area (Å²) in [4.78, 5) is 12.1. The number of aryl methyl sites for hydroxylation is 1. The van der Waals surface area contributed by atoms with Gasteiger partial charge in [0.1, 0.15) is 6.29 Å². The predicted octanol–water partition coefficient (Wildman–Crippen LogP) is 8.65. The van der Waals surface area contributed by atoms with Crippen LogP contribution < -0.4 is 0 Å². The molecule has 31 heavy (non-hydrogen) atoms. The molecule has 3 fully saturated rings. The molecule has 0 heterocycles. The molecule has 0 unspecified atom stereocenters. The maximum Gasteiger partial charge on any atom is 0.126 e. The molecule has 0 bridgehead atoms. The molecule has 0 spiro atoms. The Morgan fingerprint density at radius 2 is 1.42 bits per heavy atom. The van der Waals surface area contributed by atoms with Crippen molar-refractivity contribution in [2.75, 3.05) is 0 Å². The van der Waals surface area contributed by atoms with E-state index in [1.165, 1.54) is 114 Å². The van der Waals surface area contributed by atoms with Crippen molar-refractivity contribution >= 4 is 6.29 Å². The first-order valence-corrected chi connectivity index (χ1v) is 13.8. The van der Waals surface area contributed by atoms with Gasteiger partial charge in [-0.05, 0) is 86.2 Å². The van der Waals surface area contributed by atoms with Crippen LogP contribution in [0, 0.1) is 23.2 Å². The third kappa shape index (κ3) is 5.82. The maximum absolute atomic E-state index is 12.1. The van der Waals surface area contributed by atoms with E-state index in [0.29, 0.717) is 11.8 Å². The van der Waals surface area contributed by atoms with Gasteiger partial charge in [-0.1, -0.05) is 89.0 Å². The molecular weight excluding hydrogens is 376 g/mol. The van der Waals surface area contributed by atoms with Gasteiger partial charge in [-0.25, -0.2) is 0 Å². The van der Waals surface area contributed by atoms with Crippen molar-refractivity contribution in [2.24, 2.45) is 23.2 Å². The van der Waals surface area contributed by atoms with E-state index in [2.05, 4.69) is 31.2 Å². The number of rotatable bonds is 8. The van der Waals surface area contributed by atoms with Crippen LogP contribution in [0.4, 0.5) is 0 Å². The van der Waals surface area contributed by atoms with Crippen molar-refractivity contribution in [3.63, 3.8) is 0 Å². The molecule has 0 aromatic heterocycles. The molecule has 0 saturated heterocycles. The van der Waals surface area contributed by atoms with Gasteiger partial charge in [-0.2, -0.15) is 0 Å². The standard InChI is InChI=1S/C30H46O/c1-2-6-24-9-11-25(12-10-24)13-14-26-15-17-27(18-16-26)28-19-21-30(23-31,22-20-28)29-7-4-3-5-8-29/h15-18,23-25,28-29H,2-14,19-22H2,1H3. The highest BCUT2D eigenvalue weighted by Crippen LogP contribution is 2.50. The first-order valence-electron chi connectivity index (χ1n) is 13.8. The molecule has 3 saturated carbocycles. The Kier molecular flexibility index (Phi) is 8.30. The summed E-state index contributed by atoms with van der Waals surface area (Å²) in [7, 11) is 0. The van der Waals surface area contributed by atoms with Crippen LogP contribution in [0.15, 0.2) is 24.3 Å². The molecule has 0 radical (unpaired) electrons. The zero-order valence-electron chi connectivity index (χ0n) is 20.1. The largest absolute Gasteiger partial charge is 0.303 e. The van der Waals surface area contributed by atoms with Crippen molar-refractivity contribution in [1.29, 1.82) is 0 Å². The van der Waals surface area contributed by atoms with Crippen LogP contribution in [-0.2, 0) is 11.2 Å². The second kappa shape index (κ2) is 11.2. The number of carbonyl (C=O) groups excluding carboxylic acids is 1. The van der Waals surface area contributed by atoms with Crippen LogP contribution in [-0.4, -0.2) is 6.29 Å². The Morgan fingerprint density at radius 1 is 0.806 bits per heavy atom. The Bertz CT molecular complexity index is 652. The van der Waals surface area contributed by atoms with E-state index in [9.17, 15) is 4.79 Å². The van der Waals surface area contributed by atoms with Crippen LogP contribution in [0.3, 0.4) is 0 Å². The Balaban J connectivity index is 1.24. The molecule has 1 aromatic rings. The molecule has 172 valence electrons. The second-order valence-corrected chi connectivity index (χ2v) is 11.4. The van der Waals surface area contributed by atoms with Gasteiger partial charge < -0.3 is 4.79 Å². The summed E-state index contributed by atoms with van der Waals surface area (Å²) < 4.78 is 0. The lowest BCUT2D eigenvalue weighted by Crippen LogP contribution is -2.37. The fourth-order valence-electron chi connectivity index (χ4n) is 7.33. The quantitative estimate of drug-likeness (QED) is 0.383. The average molecular weight is 423 g/mol. The van der Waals surface area contributed by atoms with Gasteiger partial charge in [0, 0.05) is 5.41 Å². The predicted molar refractivity (Wildman–Crippen MR) is 131 cm³/mol. The molecule has 0 amide bonds. The van der Waals surface area contributed by atoms with Gasteiger partial charge in [0.15, 0.2) is 0 Å². The van der Waals surface area contributed by atoms with Crippen LogP contribution in [0.1, 0.15) is 127 Å². The number of hydrogen-bond donors (Lipinski definition) is 0. The Morgan fingerprint density at radius 3 is 2.00 bits per heavy atom. The number of hydrogen-bond acceptors (Lipinski definition) is 1. The summed E-state index contributed by atoms with van der Waals surface area (Å²) in [6.07, 6.45) is 24.0. The third-order valence-corrected chi connectivity index (χ3v) is 9.53. The van der Waals surface area contributed by atoms with Crippen molar-refractivity contribution in [3.8, 4) is 0 Å². The summed E-state index contributed by atoms with van der Waals surface area (Å²) in [5.74, 6) is 3.31. The van der Waals surface area contributed by atoms with E-state index >= 15 is 0 Å². The fraction of sp³-hybridized carbons (Fsp3) is 0.767. The maximum atomic E-state index is 12.1. The Labute approximate surface area is 191 Å². The highest BCUT2D eigenvalue weighted by atomic mass is 16.1. The highest BCUT2D eigenvalue weighted by Gasteiger charge is 2.42. The first-order chi connectivity index (χ1) is 15.2. The molecule has 4 rings (SSSR count). The van der Waals surface area contributed by atoms with Crippen molar-refractivity contribution in [3.05, 3.63) is 35.4 Å². The second-order valence-electron chi connectivity index (χ2n) is 11.4. The van der Waals surface area contributed by atoms with E-state index in [-0.39, 0.29) is 5.41 Å². The van der Waals surface area contributed by atoms with E-state index in [4.69, 9.17) is 0 Å². The number of benzene rings is 1. The average Bonchev–Trinajstić information content (AvgIpc) is 2.85. The molecule has 1 aromatic carbocycles. The molecule has 3 aliphatic rings. The minimum Gasteiger partial charge on any atom is -0.303 e. The number of aldehydes is 1. The molecular formula is C30H46O. The summed E-state index contributed by atoms with van der Waals surface area (Å²) in [5.41, 5.74) is 3.05. The van der Waals surface area contributed by atoms with E-state index in [1.54, 1.807) is 0 Å². The van der Waals surface area contributed by atoms with Gasteiger partial charge in [0.25, 0.3) is 0 Å². The summed E-state index contributed by atoms with van der Waals surface area (Å²) >= 11 is 0. The van der Waals surface area contributed by atoms with Gasteiger partial charge in [0.05, 0.1) is 0 Å². The van der Waals surface area contributed by atoms with Gasteiger partial charge in [-0.15, -0.1) is 0 Å². The van der Waals surface area contributed by atoms with Crippen molar-refractivity contribution in [2.45, 2.75) is 122 Å². The minimum atomic E-state index is 0.00694. The monoisotopic (exact) mass is 422 g/mol.